The van der Waals surface area contributed by atoms with Gasteiger partial charge in [0, 0.05) is 10.9 Å². The highest BCUT2D eigenvalue weighted by Gasteiger charge is 2.34. The largest absolute Gasteiger partial charge is 0.481 e. The maximum atomic E-state index is 12.1. The van der Waals surface area contributed by atoms with E-state index in [1.807, 2.05) is 24.4 Å². The molecule has 1 aromatic rings. The van der Waals surface area contributed by atoms with Crippen molar-refractivity contribution in [3.63, 3.8) is 0 Å². The van der Waals surface area contributed by atoms with Crippen molar-refractivity contribution in [1.29, 1.82) is 0 Å². The van der Waals surface area contributed by atoms with E-state index in [0.29, 0.717) is 6.42 Å². The molecular formula is C13H17NO3S. The van der Waals surface area contributed by atoms with Crippen molar-refractivity contribution in [3.8, 4) is 0 Å². The van der Waals surface area contributed by atoms with Crippen LogP contribution in [0.2, 0.25) is 0 Å². The Kier molecular flexibility index (Phi) is 4.01. The predicted octanol–water partition coefficient (Wildman–Crippen LogP) is 2.22. The summed E-state index contributed by atoms with van der Waals surface area (Å²) in [6, 6.07) is 3.63. The van der Waals surface area contributed by atoms with Gasteiger partial charge in [-0.25, -0.2) is 0 Å². The number of carboxylic acid groups (broad SMARTS) is 1. The maximum absolute atomic E-state index is 12.1. The fourth-order valence-corrected chi connectivity index (χ4v) is 3.19. The second-order valence-corrected chi connectivity index (χ2v) is 5.71. The summed E-state index contributed by atoms with van der Waals surface area (Å²) in [5.41, 5.74) is 0. The third-order valence-corrected chi connectivity index (χ3v) is 4.58. The first kappa shape index (κ1) is 13.1. The minimum Gasteiger partial charge on any atom is -0.481 e. The standard InChI is InChI=1S/C13H17NO3S/c1-8(11-6-3-7-18-11)12(15)14-10-5-2-4-9(10)13(16)17/h3,6-10H,2,4-5H2,1H3,(H,14,15)(H,16,17)/t8?,9-,10+/m0/s1. The van der Waals surface area contributed by atoms with Gasteiger partial charge in [-0.05, 0) is 31.2 Å². The molecule has 3 atom stereocenters. The van der Waals surface area contributed by atoms with Crippen LogP contribution in [0.25, 0.3) is 0 Å². The molecule has 5 heteroatoms. The number of carboxylic acids is 1. The third kappa shape index (κ3) is 2.72. The average molecular weight is 267 g/mol. The van der Waals surface area contributed by atoms with Crippen LogP contribution in [-0.2, 0) is 9.59 Å². The number of nitrogens with one attached hydrogen (secondary N) is 1. The SMILES string of the molecule is CC(C(=O)N[C@@H]1CCC[C@@H]1C(=O)O)c1cccs1. The van der Waals surface area contributed by atoms with Crippen molar-refractivity contribution in [3.05, 3.63) is 22.4 Å². The van der Waals surface area contributed by atoms with E-state index in [0.717, 1.165) is 17.7 Å². The number of thiophene rings is 1. The minimum atomic E-state index is -0.804. The molecule has 18 heavy (non-hydrogen) atoms. The second-order valence-electron chi connectivity index (χ2n) is 4.73. The number of amides is 1. The van der Waals surface area contributed by atoms with Crippen molar-refractivity contribution in [1.82, 2.24) is 5.32 Å². The number of carbonyl (C=O) groups excluding carboxylic acids is 1. The Morgan fingerprint density at radius 1 is 1.50 bits per heavy atom. The van der Waals surface area contributed by atoms with E-state index in [1.54, 1.807) is 11.3 Å². The van der Waals surface area contributed by atoms with Crippen molar-refractivity contribution >= 4 is 23.2 Å². The summed E-state index contributed by atoms with van der Waals surface area (Å²) in [7, 11) is 0. The van der Waals surface area contributed by atoms with E-state index in [1.165, 1.54) is 0 Å². The molecule has 98 valence electrons. The first-order valence-electron chi connectivity index (χ1n) is 6.16. The second kappa shape index (κ2) is 5.52. The molecule has 2 rings (SSSR count). The Balaban J connectivity index is 1.97. The van der Waals surface area contributed by atoms with E-state index >= 15 is 0 Å². The molecule has 4 nitrogen and oxygen atoms in total. The minimum absolute atomic E-state index is 0.0735. The van der Waals surface area contributed by atoms with Crippen LogP contribution in [0.15, 0.2) is 17.5 Å². The summed E-state index contributed by atoms with van der Waals surface area (Å²) in [6.07, 6.45) is 2.29. The lowest BCUT2D eigenvalue weighted by Crippen LogP contribution is -2.41. The van der Waals surface area contributed by atoms with Crippen molar-refractivity contribution in [2.24, 2.45) is 5.92 Å². The Hall–Kier alpha value is -1.36. The third-order valence-electron chi connectivity index (χ3n) is 3.52. The monoisotopic (exact) mass is 267 g/mol. The van der Waals surface area contributed by atoms with Gasteiger partial charge in [0.25, 0.3) is 0 Å². The van der Waals surface area contributed by atoms with Crippen LogP contribution in [0.1, 0.15) is 37.0 Å². The Bertz CT molecular complexity index is 429. The number of carbonyl (C=O) groups is 2. The molecule has 1 unspecified atom stereocenters. The van der Waals surface area contributed by atoms with E-state index < -0.39 is 11.9 Å². The Labute approximate surface area is 110 Å². The Morgan fingerprint density at radius 2 is 2.28 bits per heavy atom. The molecule has 0 saturated heterocycles. The molecule has 0 spiro atoms. The Morgan fingerprint density at radius 3 is 2.89 bits per heavy atom. The summed E-state index contributed by atoms with van der Waals surface area (Å²) in [4.78, 5) is 24.1. The molecule has 1 aliphatic rings. The highest BCUT2D eigenvalue weighted by atomic mass is 32.1. The lowest BCUT2D eigenvalue weighted by atomic mass is 10.0. The number of rotatable bonds is 4. The number of hydrogen-bond acceptors (Lipinski definition) is 3. The highest BCUT2D eigenvalue weighted by Crippen LogP contribution is 2.27. The van der Waals surface area contributed by atoms with Crippen LogP contribution in [0, 0.1) is 5.92 Å². The summed E-state index contributed by atoms with van der Waals surface area (Å²) in [6.45, 7) is 1.85. The lowest BCUT2D eigenvalue weighted by Gasteiger charge is -2.19. The van der Waals surface area contributed by atoms with Gasteiger partial charge in [0.2, 0.25) is 5.91 Å². The molecule has 1 saturated carbocycles. The molecule has 1 aromatic heterocycles. The van der Waals surface area contributed by atoms with Crippen LogP contribution in [0.5, 0.6) is 0 Å². The molecule has 0 aromatic carbocycles. The van der Waals surface area contributed by atoms with Crippen LogP contribution < -0.4 is 5.32 Å². The molecule has 0 aliphatic heterocycles. The fourth-order valence-electron chi connectivity index (χ4n) is 2.40. The molecule has 0 bridgehead atoms. The van der Waals surface area contributed by atoms with E-state index in [9.17, 15) is 9.59 Å². The maximum Gasteiger partial charge on any atom is 0.308 e. The number of hydrogen-bond donors (Lipinski definition) is 2. The normalized spacial score (nSPS) is 24.7. The van der Waals surface area contributed by atoms with Gasteiger partial charge in [-0.3, -0.25) is 9.59 Å². The molecule has 2 N–H and O–H groups in total. The smallest absolute Gasteiger partial charge is 0.308 e. The predicted molar refractivity (Wildman–Crippen MR) is 69.6 cm³/mol. The molecule has 1 fully saturated rings. The summed E-state index contributed by atoms with van der Waals surface area (Å²) in [5, 5.41) is 13.9. The molecular weight excluding hydrogens is 250 g/mol. The lowest BCUT2D eigenvalue weighted by molar-refractivity contribution is -0.142. The van der Waals surface area contributed by atoms with Crippen LogP contribution >= 0.6 is 11.3 Å². The van der Waals surface area contributed by atoms with Gasteiger partial charge in [0.1, 0.15) is 0 Å². The van der Waals surface area contributed by atoms with Crippen LogP contribution in [0.4, 0.5) is 0 Å². The van der Waals surface area contributed by atoms with Crippen LogP contribution in [-0.4, -0.2) is 23.0 Å². The van der Waals surface area contributed by atoms with E-state index in [4.69, 9.17) is 5.11 Å². The topological polar surface area (TPSA) is 66.4 Å². The van der Waals surface area contributed by atoms with E-state index in [-0.39, 0.29) is 17.9 Å². The summed E-state index contributed by atoms with van der Waals surface area (Å²) >= 11 is 1.55. The van der Waals surface area contributed by atoms with Gasteiger partial charge in [0.15, 0.2) is 0 Å². The zero-order valence-electron chi connectivity index (χ0n) is 10.3. The van der Waals surface area contributed by atoms with E-state index in [2.05, 4.69) is 5.32 Å². The number of aliphatic carboxylic acids is 1. The van der Waals surface area contributed by atoms with Crippen LogP contribution in [0.3, 0.4) is 0 Å². The van der Waals surface area contributed by atoms with Crippen molar-refractivity contribution in [2.45, 2.75) is 38.1 Å². The fraction of sp³-hybridized carbons (Fsp3) is 0.538. The first-order chi connectivity index (χ1) is 8.59. The summed E-state index contributed by atoms with van der Waals surface area (Å²) in [5.74, 6) is -1.51. The zero-order chi connectivity index (χ0) is 13.1. The van der Waals surface area contributed by atoms with Crippen molar-refractivity contribution in [2.75, 3.05) is 0 Å². The van der Waals surface area contributed by atoms with Gasteiger partial charge < -0.3 is 10.4 Å². The molecule has 1 heterocycles. The highest BCUT2D eigenvalue weighted by molar-refractivity contribution is 7.10. The molecule has 1 aliphatic carbocycles. The quantitative estimate of drug-likeness (QED) is 0.879. The van der Waals surface area contributed by atoms with Gasteiger partial charge >= 0.3 is 5.97 Å². The first-order valence-corrected chi connectivity index (χ1v) is 7.04. The van der Waals surface area contributed by atoms with Crippen molar-refractivity contribution < 1.29 is 14.7 Å². The van der Waals surface area contributed by atoms with Gasteiger partial charge in [0.05, 0.1) is 11.8 Å². The molecule has 1 amide bonds. The molecule has 0 radical (unpaired) electrons. The van der Waals surface area contributed by atoms with Gasteiger partial charge in [-0.2, -0.15) is 0 Å². The zero-order valence-corrected chi connectivity index (χ0v) is 11.1. The van der Waals surface area contributed by atoms with Gasteiger partial charge in [-0.1, -0.05) is 12.5 Å². The average Bonchev–Trinajstić information content (AvgIpc) is 2.98. The summed E-state index contributed by atoms with van der Waals surface area (Å²) < 4.78 is 0. The van der Waals surface area contributed by atoms with Gasteiger partial charge in [-0.15, -0.1) is 11.3 Å².